The van der Waals surface area contributed by atoms with E-state index in [4.69, 9.17) is 9.97 Å². The molecular weight excluding hydrogens is 641 g/mol. The van der Waals surface area contributed by atoms with Crippen molar-refractivity contribution in [3.63, 3.8) is 0 Å². The highest BCUT2D eigenvalue weighted by Crippen LogP contribution is 2.48. The first-order chi connectivity index (χ1) is 25.3. The lowest BCUT2D eigenvalue weighted by Gasteiger charge is -2.11. The second-order valence-electron chi connectivity index (χ2n) is 13.0. The van der Waals surface area contributed by atoms with Gasteiger partial charge in [-0.1, -0.05) is 115 Å². The van der Waals surface area contributed by atoms with Gasteiger partial charge in [0, 0.05) is 58.5 Å². The van der Waals surface area contributed by atoms with Crippen LogP contribution in [-0.4, -0.2) is 19.1 Å². The Morgan fingerprint density at radius 3 is 1.37 bits per heavy atom. The molecule has 0 atom stereocenters. The minimum absolute atomic E-state index is 0.658. The molecule has 4 heterocycles. The molecule has 0 saturated carbocycles. The summed E-state index contributed by atoms with van der Waals surface area (Å²) in [6, 6.07) is 60.3. The van der Waals surface area contributed by atoms with E-state index in [1.54, 1.807) is 0 Å². The van der Waals surface area contributed by atoms with Gasteiger partial charge in [0.25, 0.3) is 0 Å². The maximum Gasteiger partial charge on any atom is 0.235 e. The summed E-state index contributed by atoms with van der Waals surface area (Å²) in [6.45, 7) is 0. The minimum Gasteiger partial charge on any atom is -0.309 e. The van der Waals surface area contributed by atoms with Crippen LogP contribution in [0.4, 0.5) is 0 Å². The standard InChI is InChI=1S/C46H28N4S/c1-4-14-29(15-5-1)34-28-35(30-16-6-2-7-17-30)48-46(47-34)50-37-23-13-11-21-33(37)43-39(50)25-27-41-45(43)44-40(51-41)26-24-38-42(44)32-20-10-12-22-36(32)49(38)31-18-8-3-9-19-31/h1-28H. The Morgan fingerprint density at radius 2 is 0.824 bits per heavy atom. The van der Waals surface area contributed by atoms with Crippen molar-refractivity contribution in [3.05, 3.63) is 170 Å². The topological polar surface area (TPSA) is 35.6 Å². The monoisotopic (exact) mass is 668 g/mol. The van der Waals surface area contributed by atoms with Gasteiger partial charge >= 0.3 is 0 Å². The lowest BCUT2D eigenvalue weighted by Crippen LogP contribution is -2.03. The maximum atomic E-state index is 5.28. The third-order valence-electron chi connectivity index (χ3n) is 10.1. The molecule has 11 aromatic rings. The lowest BCUT2D eigenvalue weighted by molar-refractivity contribution is 0.996. The predicted octanol–water partition coefficient (Wildman–Crippen LogP) is 12.4. The van der Waals surface area contributed by atoms with E-state index in [1.165, 1.54) is 52.8 Å². The first-order valence-electron chi connectivity index (χ1n) is 17.2. The van der Waals surface area contributed by atoms with E-state index in [2.05, 4.69) is 167 Å². The molecule has 0 aliphatic heterocycles. The molecule has 0 radical (unpaired) electrons. The van der Waals surface area contributed by atoms with Gasteiger partial charge in [0.15, 0.2) is 0 Å². The molecule has 4 aromatic heterocycles. The largest absolute Gasteiger partial charge is 0.309 e. The van der Waals surface area contributed by atoms with Gasteiger partial charge in [-0.25, -0.2) is 9.97 Å². The van der Waals surface area contributed by atoms with Crippen molar-refractivity contribution in [1.82, 2.24) is 19.1 Å². The Bertz CT molecular complexity index is 3060. The van der Waals surface area contributed by atoms with Gasteiger partial charge in [-0.2, -0.15) is 0 Å². The second-order valence-corrected chi connectivity index (χ2v) is 14.1. The van der Waals surface area contributed by atoms with Crippen LogP contribution in [0.1, 0.15) is 0 Å². The molecular formula is C46H28N4S. The molecule has 238 valence electrons. The quantitative estimate of drug-likeness (QED) is 0.187. The van der Waals surface area contributed by atoms with Crippen LogP contribution in [0.15, 0.2) is 170 Å². The summed E-state index contributed by atoms with van der Waals surface area (Å²) in [5, 5.41) is 7.55. The van der Waals surface area contributed by atoms with Gasteiger partial charge in [-0.15, -0.1) is 11.3 Å². The molecule has 0 N–H and O–H groups in total. The van der Waals surface area contributed by atoms with Gasteiger partial charge in [0.2, 0.25) is 5.95 Å². The predicted molar refractivity (Wildman–Crippen MR) is 214 cm³/mol. The zero-order valence-electron chi connectivity index (χ0n) is 27.4. The van der Waals surface area contributed by atoms with E-state index < -0.39 is 0 Å². The smallest absolute Gasteiger partial charge is 0.235 e. The summed E-state index contributed by atoms with van der Waals surface area (Å²) in [5.74, 6) is 0.658. The summed E-state index contributed by atoms with van der Waals surface area (Å²) >= 11 is 1.87. The highest BCUT2D eigenvalue weighted by Gasteiger charge is 2.23. The fourth-order valence-electron chi connectivity index (χ4n) is 7.99. The number of rotatable bonds is 4. The zero-order valence-corrected chi connectivity index (χ0v) is 28.2. The van der Waals surface area contributed by atoms with Gasteiger partial charge in [0.05, 0.1) is 33.5 Å². The Balaban J connectivity index is 1.28. The fourth-order valence-corrected chi connectivity index (χ4v) is 9.11. The average Bonchev–Trinajstić information content (AvgIpc) is 3.86. The zero-order chi connectivity index (χ0) is 33.5. The van der Waals surface area contributed by atoms with Crippen molar-refractivity contribution >= 4 is 75.1 Å². The van der Waals surface area contributed by atoms with E-state index in [9.17, 15) is 0 Å². The molecule has 0 bridgehead atoms. The Hall–Kier alpha value is -6.56. The van der Waals surface area contributed by atoms with Gasteiger partial charge in [-0.3, -0.25) is 4.57 Å². The molecule has 11 rings (SSSR count). The third-order valence-corrected chi connectivity index (χ3v) is 11.3. The highest BCUT2D eigenvalue weighted by molar-refractivity contribution is 7.26. The lowest BCUT2D eigenvalue weighted by atomic mass is 10.0. The van der Waals surface area contributed by atoms with Crippen LogP contribution in [0.2, 0.25) is 0 Å². The number of benzene rings is 7. The van der Waals surface area contributed by atoms with Crippen molar-refractivity contribution in [2.45, 2.75) is 0 Å². The molecule has 0 saturated heterocycles. The van der Waals surface area contributed by atoms with Crippen LogP contribution in [0, 0.1) is 0 Å². The normalized spacial score (nSPS) is 11.9. The van der Waals surface area contributed by atoms with E-state index in [0.717, 1.165) is 39.2 Å². The van der Waals surface area contributed by atoms with Crippen molar-refractivity contribution < 1.29 is 0 Å². The summed E-state index contributed by atoms with van der Waals surface area (Å²) in [6.07, 6.45) is 0. The molecule has 0 unspecified atom stereocenters. The Morgan fingerprint density at radius 1 is 0.373 bits per heavy atom. The maximum absolute atomic E-state index is 5.28. The van der Waals surface area contributed by atoms with Crippen LogP contribution < -0.4 is 0 Å². The van der Waals surface area contributed by atoms with Gasteiger partial charge < -0.3 is 4.57 Å². The van der Waals surface area contributed by atoms with E-state index in [-0.39, 0.29) is 0 Å². The van der Waals surface area contributed by atoms with Gasteiger partial charge in [-0.05, 0) is 54.6 Å². The summed E-state index contributed by atoms with van der Waals surface area (Å²) in [4.78, 5) is 10.6. The van der Waals surface area contributed by atoms with Crippen LogP contribution in [-0.2, 0) is 0 Å². The molecule has 4 nitrogen and oxygen atoms in total. The second kappa shape index (κ2) is 11.0. The van der Waals surface area contributed by atoms with Crippen molar-refractivity contribution in [3.8, 4) is 34.2 Å². The third kappa shape index (κ3) is 4.19. The summed E-state index contributed by atoms with van der Waals surface area (Å²) < 4.78 is 7.23. The summed E-state index contributed by atoms with van der Waals surface area (Å²) in [5.41, 5.74) is 9.66. The number of para-hydroxylation sites is 3. The SMILES string of the molecule is c1ccc(-c2cc(-c3ccccc3)nc(-n3c4ccccc4c4c5c(ccc43)sc3ccc4c(c6ccccc6n4-c4ccccc4)c35)n2)cc1. The number of hydrogen-bond donors (Lipinski definition) is 0. The number of aromatic nitrogens is 4. The first kappa shape index (κ1) is 28.3. The number of fused-ring (bicyclic) bond motifs is 11. The van der Waals surface area contributed by atoms with E-state index in [1.807, 2.05) is 23.5 Å². The fraction of sp³-hybridized carbons (Fsp3) is 0. The van der Waals surface area contributed by atoms with Crippen LogP contribution in [0.3, 0.4) is 0 Å². The highest BCUT2D eigenvalue weighted by atomic mass is 32.1. The number of hydrogen-bond acceptors (Lipinski definition) is 3. The van der Waals surface area contributed by atoms with Crippen molar-refractivity contribution in [1.29, 1.82) is 0 Å². The minimum atomic E-state index is 0.658. The van der Waals surface area contributed by atoms with E-state index in [0.29, 0.717) is 5.95 Å². The number of nitrogens with zero attached hydrogens (tertiary/aromatic N) is 4. The molecule has 5 heteroatoms. The molecule has 0 amide bonds. The first-order valence-corrected chi connectivity index (χ1v) is 18.0. The molecule has 0 spiro atoms. The van der Waals surface area contributed by atoms with Gasteiger partial charge in [0.1, 0.15) is 0 Å². The average molecular weight is 669 g/mol. The molecule has 51 heavy (non-hydrogen) atoms. The molecule has 7 aromatic carbocycles. The van der Waals surface area contributed by atoms with E-state index >= 15 is 0 Å². The molecule has 0 aliphatic rings. The van der Waals surface area contributed by atoms with Crippen LogP contribution in [0.5, 0.6) is 0 Å². The van der Waals surface area contributed by atoms with Crippen molar-refractivity contribution in [2.24, 2.45) is 0 Å². The van der Waals surface area contributed by atoms with Crippen molar-refractivity contribution in [2.75, 3.05) is 0 Å². The summed E-state index contributed by atoms with van der Waals surface area (Å²) in [7, 11) is 0. The Labute approximate surface area is 297 Å². The Kier molecular flexibility index (Phi) is 6.09. The molecule has 0 fully saturated rings. The molecule has 0 aliphatic carbocycles. The number of thiophene rings is 1. The van der Waals surface area contributed by atoms with Crippen LogP contribution >= 0.6 is 11.3 Å². The van der Waals surface area contributed by atoms with Crippen LogP contribution in [0.25, 0.3) is 97.9 Å².